The van der Waals surface area contributed by atoms with Crippen molar-refractivity contribution >= 4 is 61.3 Å². The molecule has 2 heterocycles. The Morgan fingerprint density at radius 2 is 1.74 bits per heavy atom. The number of thioether (sulfide) groups is 1. The molecule has 4 rings (SSSR count). The Balaban J connectivity index is 1.50. The summed E-state index contributed by atoms with van der Waals surface area (Å²) in [5.74, 6) is -2.05. The summed E-state index contributed by atoms with van der Waals surface area (Å²) in [6.07, 6.45) is -2.41. The van der Waals surface area contributed by atoms with Gasteiger partial charge in [0, 0.05) is 17.0 Å². The number of halogens is 7. The number of rotatable bonds is 7. The first kappa shape index (κ1) is 29.0. The third kappa shape index (κ3) is 6.25. The molecule has 1 aromatic heterocycles. The molecule has 0 saturated carbocycles. The first-order valence-corrected chi connectivity index (χ1v) is 13.8. The number of alkyl halides is 6. The van der Waals surface area contributed by atoms with Crippen LogP contribution in [0, 0.1) is 0 Å². The summed E-state index contributed by atoms with van der Waals surface area (Å²) in [5.41, 5.74) is -5.41. The van der Waals surface area contributed by atoms with Crippen LogP contribution in [0.1, 0.15) is 23.1 Å². The number of nitrogens with zero attached hydrogens (tertiary/aromatic N) is 3. The molecule has 39 heavy (non-hydrogen) atoms. The van der Waals surface area contributed by atoms with Crippen molar-refractivity contribution in [3.8, 4) is 0 Å². The number of benzene rings is 2. The van der Waals surface area contributed by atoms with Crippen molar-refractivity contribution in [2.45, 2.75) is 24.7 Å². The summed E-state index contributed by atoms with van der Waals surface area (Å²) >= 11 is 6.28. The number of aromatic nitrogens is 2. The zero-order valence-electron chi connectivity index (χ0n) is 19.4. The fourth-order valence-corrected chi connectivity index (χ4v) is 5.58. The zero-order valence-corrected chi connectivity index (χ0v) is 21.8. The van der Waals surface area contributed by atoms with Crippen LogP contribution in [0.5, 0.6) is 0 Å². The molecule has 0 aliphatic carbocycles. The molecule has 3 aromatic rings. The molecular formula is C23H16ClF6N3O4S2. The van der Waals surface area contributed by atoms with Crippen LogP contribution in [0.3, 0.4) is 0 Å². The van der Waals surface area contributed by atoms with Gasteiger partial charge in [-0.15, -0.1) is 0 Å². The highest BCUT2D eigenvalue weighted by Crippen LogP contribution is 2.35. The van der Waals surface area contributed by atoms with Gasteiger partial charge in [-0.1, -0.05) is 23.7 Å². The van der Waals surface area contributed by atoms with Crippen molar-refractivity contribution in [3.05, 3.63) is 69.2 Å². The van der Waals surface area contributed by atoms with Crippen LogP contribution >= 0.6 is 23.4 Å². The second-order valence-corrected chi connectivity index (χ2v) is 11.9. The molecule has 1 aliphatic heterocycles. The van der Waals surface area contributed by atoms with E-state index in [-0.39, 0.29) is 22.0 Å². The van der Waals surface area contributed by atoms with Gasteiger partial charge in [-0.05, 0) is 59.7 Å². The van der Waals surface area contributed by atoms with Crippen LogP contribution in [-0.4, -0.2) is 52.1 Å². The Hall–Kier alpha value is -3.04. The number of fused-ring (bicyclic) bond motifs is 1. The van der Waals surface area contributed by atoms with E-state index in [9.17, 15) is 44.3 Å². The molecule has 208 valence electrons. The molecule has 1 aliphatic rings. The van der Waals surface area contributed by atoms with Crippen LogP contribution in [0.15, 0.2) is 47.5 Å². The Bertz CT molecular complexity index is 1600. The molecule has 0 atom stereocenters. The number of sulfone groups is 1. The average molecular weight is 612 g/mol. The lowest BCUT2D eigenvalue weighted by Crippen LogP contribution is -2.32. The normalized spacial score (nSPS) is 16.2. The van der Waals surface area contributed by atoms with E-state index in [0.717, 1.165) is 6.07 Å². The van der Waals surface area contributed by atoms with Gasteiger partial charge in [0.15, 0.2) is 0 Å². The van der Waals surface area contributed by atoms with E-state index in [1.54, 1.807) is 18.2 Å². The minimum atomic E-state index is -5.42. The quantitative estimate of drug-likeness (QED) is 0.236. The van der Waals surface area contributed by atoms with Gasteiger partial charge < -0.3 is 0 Å². The van der Waals surface area contributed by atoms with Crippen molar-refractivity contribution in [2.75, 3.05) is 12.3 Å². The standard InChI is InChI=1S/C23H16ClF6N3O4S2/c24-16-4-3-14(17(10-16)22(25,26)27)12-33-18-5-2-13(8-15(18)11-31-33)9-19-20(34)32(21(35)38-19)6-1-7-39(36,37)23(28,29)30/h2-5,8-11H,1,6-7,12H2/b19-9-. The minimum Gasteiger partial charge on any atom is -0.268 e. The number of carbonyl (C=O) groups excluding carboxylic acids is 2. The lowest BCUT2D eigenvalue weighted by atomic mass is 10.1. The topological polar surface area (TPSA) is 89.3 Å². The number of carbonyl (C=O) groups is 2. The van der Waals surface area contributed by atoms with E-state index >= 15 is 0 Å². The van der Waals surface area contributed by atoms with Gasteiger partial charge in [-0.25, -0.2) is 8.42 Å². The number of hydrogen-bond acceptors (Lipinski definition) is 6. The first-order chi connectivity index (χ1) is 18.1. The smallest absolute Gasteiger partial charge is 0.268 e. The predicted octanol–water partition coefficient (Wildman–Crippen LogP) is 6.12. The molecule has 1 fully saturated rings. The lowest BCUT2D eigenvalue weighted by Gasteiger charge is -2.14. The van der Waals surface area contributed by atoms with Gasteiger partial charge in [0.05, 0.1) is 34.5 Å². The van der Waals surface area contributed by atoms with Gasteiger partial charge in [0.2, 0.25) is 9.84 Å². The van der Waals surface area contributed by atoms with Crippen molar-refractivity contribution in [1.29, 1.82) is 0 Å². The molecule has 7 nitrogen and oxygen atoms in total. The third-order valence-corrected chi connectivity index (χ3v) is 8.36. The molecule has 0 radical (unpaired) electrons. The molecule has 1 saturated heterocycles. The van der Waals surface area contributed by atoms with Crippen LogP contribution in [0.4, 0.5) is 31.1 Å². The zero-order chi connectivity index (χ0) is 28.8. The van der Waals surface area contributed by atoms with Crippen molar-refractivity contribution < 1.29 is 44.3 Å². The van der Waals surface area contributed by atoms with Gasteiger partial charge >= 0.3 is 11.7 Å². The van der Waals surface area contributed by atoms with Crippen molar-refractivity contribution in [1.82, 2.24) is 14.7 Å². The number of imide groups is 1. The monoisotopic (exact) mass is 611 g/mol. The molecule has 2 amide bonds. The SMILES string of the molecule is O=C1S/C(=C\c2ccc3c(cnn3Cc3ccc(Cl)cc3C(F)(F)F)c2)C(=O)N1CCCS(=O)(=O)C(F)(F)F. The summed E-state index contributed by atoms with van der Waals surface area (Å²) in [6.45, 7) is -0.703. The molecule has 0 spiro atoms. The van der Waals surface area contributed by atoms with Crippen LogP contribution in [-0.2, 0) is 27.4 Å². The molecule has 2 aromatic carbocycles. The maximum absolute atomic E-state index is 13.4. The number of hydrogen-bond donors (Lipinski definition) is 0. The second kappa shape index (κ2) is 10.5. The highest BCUT2D eigenvalue weighted by atomic mass is 35.5. The van der Waals surface area contributed by atoms with Gasteiger partial charge in [-0.3, -0.25) is 19.2 Å². The molecule has 0 N–H and O–H groups in total. The first-order valence-electron chi connectivity index (χ1n) is 10.9. The van der Waals surface area contributed by atoms with Crippen LogP contribution < -0.4 is 0 Å². The third-order valence-electron chi connectivity index (χ3n) is 5.68. The molecule has 0 bridgehead atoms. The maximum atomic E-state index is 13.4. The Morgan fingerprint density at radius 1 is 1.03 bits per heavy atom. The fraction of sp³-hybridized carbons (Fsp3) is 0.261. The summed E-state index contributed by atoms with van der Waals surface area (Å²) < 4.78 is 102. The van der Waals surface area contributed by atoms with Crippen molar-refractivity contribution in [2.24, 2.45) is 0 Å². The van der Waals surface area contributed by atoms with E-state index in [4.69, 9.17) is 11.6 Å². The van der Waals surface area contributed by atoms with E-state index in [1.165, 1.54) is 29.1 Å². The van der Waals surface area contributed by atoms with E-state index in [0.29, 0.717) is 33.1 Å². The summed E-state index contributed by atoms with van der Waals surface area (Å²) in [7, 11) is -5.38. The second-order valence-electron chi connectivity index (χ2n) is 8.37. The fourth-order valence-electron chi connectivity index (χ4n) is 3.81. The van der Waals surface area contributed by atoms with E-state index < -0.39 is 57.0 Å². The lowest BCUT2D eigenvalue weighted by molar-refractivity contribution is -0.138. The largest absolute Gasteiger partial charge is 0.497 e. The average Bonchev–Trinajstić information content (AvgIpc) is 3.33. The van der Waals surface area contributed by atoms with E-state index in [1.807, 2.05) is 0 Å². The Kier molecular flexibility index (Phi) is 7.80. The van der Waals surface area contributed by atoms with Crippen LogP contribution in [0.2, 0.25) is 5.02 Å². The van der Waals surface area contributed by atoms with Crippen LogP contribution in [0.25, 0.3) is 17.0 Å². The van der Waals surface area contributed by atoms with Crippen molar-refractivity contribution in [3.63, 3.8) is 0 Å². The molecule has 0 unspecified atom stereocenters. The highest BCUT2D eigenvalue weighted by Gasteiger charge is 2.45. The summed E-state index contributed by atoms with van der Waals surface area (Å²) in [6, 6.07) is 8.17. The van der Waals surface area contributed by atoms with E-state index in [2.05, 4.69) is 5.10 Å². The van der Waals surface area contributed by atoms with Gasteiger partial charge in [0.1, 0.15) is 0 Å². The Morgan fingerprint density at radius 3 is 2.41 bits per heavy atom. The molecular weight excluding hydrogens is 596 g/mol. The minimum absolute atomic E-state index is 0.0265. The highest BCUT2D eigenvalue weighted by molar-refractivity contribution is 8.18. The van der Waals surface area contributed by atoms with Gasteiger partial charge in [0.25, 0.3) is 11.1 Å². The maximum Gasteiger partial charge on any atom is 0.497 e. The summed E-state index contributed by atoms with van der Waals surface area (Å²) in [4.78, 5) is 25.5. The summed E-state index contributed by atoms with van der Waals surface area (Å²) in [5, 5.41) is 3.87. The Labute approximate surface area is 226 Å². The number of amides is 2. The predicted molar refractivity (Wildman–Crippen MR) is 132 cm³/mol. The van der Waals surface area contributed by atoms with Gasteiger partial charge in [-0.2, -0.15) is 31.4 Å². The molecule has 16 heteroatoms.